The lowest BCUT2D eigenvalue weighted by Crippen LogP contribution is -2.50. The minimum atomic E-state index is -1.28. The minimum Gasteiger partial charge on any atom is -0.374 e. The summed E-state index contributed by atoms with van der Waals surface area (Å²) >= 11 is 0. The average molecular weight is 329 g/mol. The minimum absolute atomic E-state index is 0.106. The quantitative estimate of drug-likeness (QED) is 0.826. The summed E-state index contributed by atoms with van der Waals surface area (Å²) in [6.07, 6.45) is 1.53. The first kappa shape index (κ1) is 17.1. The predicted octanol–water partition coefficient (Wildman–Crippen LogP) is 1.64. The van der Waals surface area contributed by atoms with E-state index < -0.39 is 17.5 Å². The molecule has 1 heterocycles. The molecule has 1 fully saturated rings. The van der Waals surface area contributed by atoms with Crippen molar-refractivity contribution in [3.63, 3.8) is 0 Å². The number of benzene rings is 1. The van der Waals surface area contributed by atoms with Gasteiger partial charge < -0.3 is 15.5 Å². The van der Waals surface area contributed by atoms with Crippen LogP contribution in [0.2, 0.25) is 0 Å². The SMILES string of the molecule is CC(=O)N[C@H]1CCCN(C(=O)CNc2cc(F)c(F)cc2F)C1. The number of hydrogen-bond donors (Lipinski definition) is 2. The average Bonchev–Trinajstić information content (AvgIpc) is 2.49. The van der Waals surface area contributed by atoms with Crippen LogP contribution in [0, 0.1) is 17.5 Å². The van der Waals surface area contributed by atoms with E-state index in [1.54, 1.807) is 4.90 Å². The Morgan fingerprint density at radius 1 is 1.22 bits per heavy atom. The van der Waals surface area contributed by atoms with Crippen molar-refractivity contribution in [1.29, 1.82) is 0 Å². The molecule has 0 unspecified atom stereocenters. The van der Waals surface area contributed by atoms with E-state index in [4.69, 9.17) is 0 Å². The van der Waals surface area contributed by atoms with Gasteiger partial charge in [-0.1, -0.05) is 0 Å². The van der Waals surface area contributed by atoms with Crippen molar-refractivity contribution < 1.29 is 22.8 Å². The molecule has 1 atom stereocenters. The molecule has 23 heavy (non-hydrogen) atoms. The van der Waals surface area contributed by atoms with E-state index in [1.807, 2.05) is 0 Å². The molecule has 2 amide bonds. The molecule has 8 heteroatoms. The van der Waals surface area contributed by atoms with Crippen LogP contribution < -0.4 is 10.6 Å². The maximum atomic E-state index is 13.5. The molecule has 0 saturated carbocycles. The van der Waals surface area contributed by atoms with Gasteiger partial charge in [-0.25, -0.2) is 13.2 Å². The van der Waals surface area contributed by atoms with E-state index >= 15 is 0 Å². The van der Waals surface area contributed by atoms with Crippen molar-refractivity contribution in [3.05, 3.63) is 29.6 Å². The van der Waals surface area contributed by atoms with Gasteiger partial charge in [0.15, 0.2) is 11.6 Å². The largest absolute Gasteiger partial charge is 0.374 e. The summed E-state index contributed by atoms with van der Waals surface area (Å²) in [6, 6.07) is 0.995. The summed E-state index contributed by atoms with van der Waals surface area (Å²) in [6.45, 7) is 2.08. The van der Waals surface area contributed by atoms with Gasteiger partial charge >= 0.3 is 0 Å². The van der Waals surface area contributed by atoms with Crippen LogP contribution in [0.4, 0.5) is 18.9 Å². The fourth-order valence-electron chi connectivity index (χ4n) is 2.55. The molecule has 1 saturated heterocycles. The maximum absolute atomic E-state index is 13.5. The number of halogens is 3. The van der Waals surface area contributed by atoms with Crippen molar-refractivity contribution in [1.82, 2.24) is 10.2 Å². The molecule has 1 aliphatic heterocycles. The van der Waals surface area contributed by atoms with Gasteiger partial charge in [0.25, 0.3) is 0 Å². The van der Waals surface area contributed by atoms with Gasteiger partial charge in [-0.15, -0.1) is 0 Å². The lowest BCUT2D eigenvalue weighted by atomic mass is 10.1. The molecule has 5 nitrogen and oxygen atoms in total. The topological polar surface area (TPSA) is 61.4 Å². The molecular formula is C15H18F3N3O2. The van der Waals surface area contributed by atoms with E-state index in [0.29, 0.717) is 25.2 Å². The number of amides is 2. The zero-order valence-electron chi connectivity index (χ0n) is 12.7. The Morgan fingerprint density at radius 2 is 1.91 bits per heavy atom. The van der Waals surface area contributed by atoms with Gasteiger partial charge in [0.1, 0.15) is 5.82 Å². The Bertz CT molecular complexity index is 610. The Kier molecular flexibility index (Phi) is 5.46. The Morgan fingerprint density at radius 3 is 2.61 bits per heavy atom. The number of piperidine rings is 1. The highest BCUT2D eigenvalue weighted by Crippen LogP contribution is 2.18. The number of nitrogens with zero attached hydrogens (tertiary/aromatic N) is 1. The molecule has 0 bridgehead atoms. The Labute approximate surface area is 131 Å². The van der Waals surface area contributed by atoms with E-state index in [-0.39, 0.29) is 30.1 Å². The standard InChI is InChI=1S/C15H18F3N3O2/c1-9(22)20-10-3-2-4-21(8-10)15(23)7-19-14-6-12(17)11(16)5-13(14)18/h5-6,10,19H,2-4,7-8H2,1H3,(H,20,22)/t10-/m0/s1. The normalized spacial score (nSPS) is 17.7. The third-order valence-corrected chi connectivity index (χ3v) is 3.62. The molecule has 126 valence electrons. The summed E-state index contributed by atoms with van der Waals surface area (Å²) in [5, 5.41) is 5.23. The summed E-state index contributed by atoms with van der Waals surface area (Å²) in [5.41, 5.74) is -0.271. The highest BCUT2D eigenvalue weighted by Gasteiger charge is 2.24. The first-order valence-corrected chi connectivity index (χ1v) is 7.30. The van der Waals surface area contributed by atoms with Gasteiger partial charge in [-0.3, -0.25) is 9.59 Å². The van der Waals surface area contributed by atoms with Crippen LogP contribution in [0.5, 0.6) is 0 Å². The molecule has 2 N–H and O–H groups in total. The summed E-state index contributed by atoms with van der Waals surface area (Å²) in [4.78, 5) is 24.7. The molecule has 0 aromatic heterocycles. The van der Waals surface area contributed by atoms with Crippen molar-refractivity contribution in [3.8, 4) is 0 Å². The monoisotopic (exact) mass is 329 g/mol. The number of rotatable bonds is 4. The van der Waals surface area contributed by atoms with E-state index in [1.165, 1.54) is 6.92 Å². The molecule has 1 aliphatic rings. The number of carbonyl (C=O) groups is 2. The second-order valence-electron chi connectivity index (χ2n) is 5.48. The van der Waals surface area contributed by atoms with Crippen LogP contribution in [0.1, 0.15) is 19.8 Å². The number of carbonyl (C=O) groups excluding carboxylic acids is 2. The van der Waals surface area contributed by atoms with Crippen LogP contribution in [-0.2, 0) is 9.59 Å². The van der Waals surface area contributed by atoms with Gasteiger partial charge in [0.05, 0.1) is 12.2 Å². The van der Waals surface area contributed by atoms with Crippen LogP contribution in [0.3, 0.4) is 0 Å². The molecular weight excluding hydrogens is 311 g/mol. The molecule has 0 radical (unpaired) electrons. The summed E-state index contributed by atoms with van der Waals surface area (Å²) in [7, 11) is 0. The van der Waals surface area contributed by atoms with E-state index in [0.717, 1.165) is 12.8 Å². The van der Waals surface area contributed by atoms with Crippen LogP contribution >= 0.6 is 0 Å². The zero-order chi connectivity index (χ0) is 17.0. The maximum Gasteiger partial charge on any atom is 0.241 e. The van der Waals surface area contributed by atoms with E-state index in [2.05, 4.69) is 10.6 Å². The molecule has 2 rings (SSSR count). The fourth-order valence-corrected chi connectivity index (χ4v) is 2.55. The van der Waals surface area contributed by atoms with E-state index in [9.17, 15) is 22.8 Å². The first-order chi connectivity index (χ1) is 10.9. The van der Waals surface area contributed by atoms with Crippen molar-refractivity contribution in [2.75, 3.05) is 25.0 Å². The van der Waals surface area contributed by atoms with Crippen molar-refractivity contribution >= 4 is 17.5 Å². The predicted molar refractivity (Wildman–Crippen MR) is 78.2 cm³/mol. The van der Waals surface area contributed by atoms with Crippen LogP contribution in [0.15, 0.2) is 12.1 Å². The van der Waals surface area contributed by atoms with Gasteiger partial charge in [-0.2, -0.15) is 0 Å². The second-order valence-corrected chi connectivity index (χ2v) is 5.48. The zero-order valence-corrected chi connectivity index (χ0v) is 12.7. The third-order valence-electron chi connectivity index (χ3n) is 3.62. The lowest BCUT2D eigenvalue weighted by Gasteiger charge is -2.33. The van der Waals surface area contributed by atoms with Crippen molar-refractivity contribution in [2.24, 2.45) is 0 Å². The van der Waals surface area contributed by atoms with Gasteiger partial charge in [0.2, 0.25) is 11.8 Å². The number of hydrogen-bond acceptors (Lipinski definition) is 3. The van der Waals surface area contributed by atoms with Crippen LogP contribution in [-0.4, -0.2) is 42.4 Å². The highest BCUT2D eigenvalue weighted by atomic mass is 19.2. The Hall–Kier alpha value is -2.25. The lowest BCUT2D eigenvalue weighted by molar-refractivity contribution is -0.131. The first-order valence-electron chi connectivity index (χ1n) is 7.30. The van der Waals surface area contributed by atoms with Gasteiger partial charge in [0, 0.05) is 38.2 Å². The summed E-state index contributed by atoms with van der Waals surface area (Å²) in [5.74, 6) is -3.90. The summed E-state index contributed by atoms with van der Waals surface area (Å²) < 4.78 is 39.4. The fraction of sp³-hybridized carbons (Fsp3) is 0.467. The number of nitrogens with one attached hydrogen (secondary N) is 2. The third kappa shape index (κ3) is 4.61. The highest BCUT2D eigenvalue weighted by molar-refractivity contribution is 5.81. The number of likely N-dealkylation sites (tertiary alicyclic amines) is 1. The smallest absolute Gasteiger partial charge is 0.241 e. The number of anilines is 1. The van der Waals surface area contributed by atoms with Gasteiger partial charge in [-0.05, 0) is 12.8 Å². The second kappa shape index (κ2) is 7.34. The molecule has 0 aliphatic carbocycles. The molecule has 1 aromatic carbocycles. The van der Waals surface area contributed by atoms with Crippen LogP contribution in [0.25, 0.3) is 0 Å². The van der Waals surface area contributed by atoms with Crippen molar-refractivity contribution in [2.45, 2.75) is 25.8 Å². The molecule has 1 aromatic rings. The Balaban J connectivity index is 1.92. The molecule has 0 spiro atoms.